The Bertz CT molecular complexity index is 118. The van der Waals surface area contributed by atoms with Crippen LogP contribution in [0.2, 0.25) is 0 Å². The maximum absolute atomic E-state index is 10.3. The van der Waals surface area contributed by atoms with Crippen LogP contribution in [0.25, 0.3) is 0 Å². The first kappa shape index (κ1) is 7.01. The number of rotatable bonds is 2. The first-order chi connectivity index (χ1) is 3.72. The van der Waals surface area contributed by atoms with Crippen molar-refractivity contribution in [3.8, 4) is 0 Å². The second-order valence-corrected chi connectivity index (χ2v) is 1.29. The summed E-state index contributed by atoms with van der Waals surface area (Å²) >= 11 is 0. The highest BCUT2D eigenvalue weighted by Crippen LogP contribution is 1.91. The molecular formula is C5H9NO2. The van der Waals surface area contributed by atoms with Crippen molar-refractivity contribution >= 4 is 5.78 Å². The lowest BCUT2D eigenvalue weighted by molar-refractivity contribution is -0.116. The van der Waals surface area contributed by atoms with Crippen molar-refractivity contribution in [1.29, 1.82) is 0 Å². The quantitative estimate of drug-likeness (QED) is 0.408. The van der Waals surface area contributed by atoms with E-state index in [1.165, 1.54) is 14.0 Å². The smallest absolute Gasteiger partial charge is 0.195 e. The fourth-order valence-electron chi connectivity index (χ4n) is 0.329. The van der Waals surface area contributed by atoms with Crippen molar-refractivity contribution in [2.45, 2.75) is 6.92 Å². The van der Waals surface area contributed by atoms with Gasteiger partial charge >= 0.3 is 0 Å². The number of methoxy groups -OCH3 is 1. The molecule has 0 bridgehead atoms. The Kier molecular flexibility index (Phi) is 2.69. The molecule has 8 heavy (non-hydrogen) atoms. The van der Waals surface area contributed by atoms with E-state index in [4.69, 9.17) is 5.73 Å². The highest BCUT2D eigenvalue weighted by atomic mass is 16.5. The molecule has 0 saturated carbocycles. The SMILES string of the molecule is CO/C(=C/N)C(C)=O. The molecule has 0 unspecified atom stereocenters. The van der Waals surface area contributed by atoms with E-state index < -0.39 is 0 Å². The Hall–Kier alpha value is -0.990. The van der Waals surface area contributed by atoms with Gasteiger partial charge in [-0.25, -0.2) is 0 Å². The van der Waals surface area contributed by atoms with Gasteiger partial charge in [-0.3, -0.25) is 4.79 Å². The highest BCUT2D eigenvalue weighted by Gasteiger charge is 1.98. The van der Waals surface area contributed by atoms with Crippen molar-refractivity contribution in [3.63, 3.8) is 0 Å². The summed E-state index contributed by atoms with van der Waals surface area (Å²) in [5.74, 6) is 0.0417. The van der Waals surface area contributed by atoms with Crippen LogP contribution < -0.4 is 5.73 Å². The highest BCUT2D eigenvalue weighted by molar-refractivity contribution is 5.90. The summed E-state index contributed by atoms with van der Waals surface area (Å²) in [5, 5.41) is 0. The van der Waals surface area contributed by atoms with Crippen LogP contribution in [0, 0.1) is 0 Å². The van der Waals surface area contributed by atoms with Crippen molar-refractivity contribution in [3.05, 3.63) is 12.0 Å². The van der Waals surface area contributed by atoms with Gasteiger partial charge in [-0.05, 0) is 0 Å². The van der Waals surface area contributed by atoms with Gasteiger partial charge in [0.05, 0.1) is 7.11 Å². The lowest BCUT2D eigenvalue weighted by Gasteiger charge is -1.96. The number of ether oxygens (including phenoxy) is 1. The molecular weight excluding hydrogens is 106 g/mol. The third-order valence-electron chi connectivity index (χ3n) is 0.718. The van der Waals surface area contributed by atoms with Gasteiger partial charge in [-0.2, -0.15) is 0 Å². The van der Waals surface area contributed by atoms with E-state index in [2.05, 4.69) is 4.74 Å². The molecule has 0 heterocycles. The van der Waals surface area contributed by atoms with E-state index in [0.717, 1.165) is 6.20 Å². The molecule has 0 amide bonds. The van der Waals surface area contributed by atoms with Gasteiger partial charge in [0.25, 0.3) is 0 Å². The normalized spacial score (nSPS) is 11.0. The zero-order valence-electron chi connectivity index (χ0n) is 4.97. The number of carbonyl (C=O) groups excluding carboxylic acids is 1. The molecule has 0 fully saturated rings. The molecule has 0 atom stereocenters. The van der Waals surface area contributed by atoms with Gasteiger partial charge in [-0.15, -0.1) is 0 Å². The second-order valence-electron chi connectivity index (χ2n) is 1.29. The third-order valence-corrected chi connectivity index (χ3v) is 0.718. The maximum atomic E-state index is 10.3. The fourth-order valence-corrected chi connectivity index (χ4v) is 0.329. The molecule has 0 rings (SSSR count). The average Bonchev–Trinajstić information content (AvgIpc) is 1.69. The molecule has 0 aromatic rings. The van der Waals surface area contributed by atoms with Gasteiger partial charge in [0.1, 0.15) is 0 Å². The van der Waals surface area contributed by atoms with Crippen LogP contribution in [0.3, 0.4) is 0 Å². The topological polar surface area (TPSA) is 52.3 Å². The summed E-state index contributed by atoms with van der Waals surface area (Å²) in [7, 11) is 1.40. The Morgan fingerprint density at radius 3 is 2.25 bits per heavy atom. The van der Waals surface area contributed by atoms with Gasteiger partial charge in [0.15, 0.2) is 11.5 Å². The maximum Gasteiger partial charge on any atom is 0.195 e. The Balaban J connectivity index is 3.92. The minimum absolute atomic E-state index is 0.157. The molecule has 0 aliphatic heterocycles. The van der Waals surface area contributed by atoms with Crippen LogP contribution in [0.5, 0.6) is 0 Å². The minimum atomic E-state index is -0.157. The van der Waals surface area contributed by atoms with E-state index in [9.17, 15) is 4.79 Å². The van der Waals surface area contributed by atoms with Crippen LogP contribution in [0.4, 0.5) is 0 Å². The van der Waals surface area contributed by atoms with Crippen LogP contribution in [-0.2, 0) is 9.53 Å². The molecule has 0 saturated heterocycles. The standard InChI is InChI=1S/C5H9NO2/c1-4(7)5(3-6)8-2/h3H,6H2,1-2H3/b5-3+. The first-order valence-corrected chi connectivity index (χ1v) is 2.19. The summed E-state index contributed by atoms with van der Waals surface area (Å²) < 4.78 is 4.55. The molecule has 2 N–H and O–H groups in total. The molecule has 0 aliphatic carbocycles. The van der Waals surface area contributed by atoms with Crippen LogP contribution in [0.15, 0.2) is 12.0 Å². The predicted octanol–water partition coefficient (Wildman–Crippen LogP) is 0.0219. The number of hydrogen-bond donors (Lipinski definition) is 1. The van der Waals surface area contributed by atoms with Crippen molar-refractivity contribution < 1.29 is 9.53 Å². The molecule has 3 heteroatoms. The number of allylic oxidation sites excluding steroid dienone is 1. The van der Waals surface area contributed by atoms with Crippen molar-refractivity contribution in [2.24, 2.45) is 5.73 Å². The summed E-state index contributed by atoms with van der Waals surface area (Å²) in [6, 6.07) is 0. The molecule has 0 radical (unpaired) electrons. The Labute approximate surface area is 48.1 Å². The molecule has 0 spiro atoms. The lowest BCUT2D eigenvalue weighted by Crippen LogP contribution is -2.01. The van der Waals surface area contributed by atoms with Gasteiger partial charge in [0.2, 0.25) is 0 Å². The van der Waals surface area contributed by atoms with Crippen LogP contribution in [-0.4, -0.2) is 12.9 Å². The molecule has 0 aliphatic rings. The lowest BCUT2D eigenvalue weighted by atomic mass is 10.4. The summed E-state index contributed by atoms with van der Waals surface area (Å²) in [4.78, 5) is 10.3. The fraction of sp³-hybridized carbons (Fsp3) is 0.400. The molecule has 0 aromatic carbocycles. The first-order valence-electron chi connectivity index (χ1n) is 2.19. The summed E-state index contributed by atoms with van der Waals surface area (Å²) in [5.41, 5.74) is 4.98. The van der Waals surface area contributed by atoms with Crippen LogP contribution in [0.1, 0.15) is 6.92 Å². The van der Waals surface area contributed by atoms with Crippen molar-refractivity contribution in [2.75, 3.05) is 7.11 Å². The van der Waals surface area contributed by atoms with Gasteiger partial charge < -0.3 is 10.5 Å². The van der Waals surface area contributed by atoms with E-state index in [1.807, 2.05) is 0 Å². The van der Waals surface area contributed by atoms with Gasteiger partial charge in [0, 0.05) is 13.1 Å². The number of ketones is 1. The zero-order valence-corrected chi connectivity index (χ0v) is 4.97. The number of hydrogen-bond acceptors (Lipinski definition) is 3. The molecule has 0 aromatic heterocycles. The third kappa shape index (κ3) is 1.64. The van der Waals surface area contributed by atoms with E-state index in [-0.39, 0.29) is 11.5 Å². The minimum Gasteiger partial charge on any atom is -0.492 e. The predicted molar refractivity (Wildman–Crippen MR) is 30.0 cm³/mol. The largest absolute Gasteiger partial charge is 0.492 e. The van der Waals surface area contributed by atoms with Crippen molar-refractivity contribution in [1.82, 2.24) is 0 Å². The van der Waals surface area contributed by atoms with E-state index >= 15 is 0 Å². The summed E-state index contributed by atoms with van der Waals surface area (Å²) in [6.07, 6.45) is 1.14. The monoisotopic (exact) mass is 115 g/mol. The Morgan fingerprint density at radius 1 is 1.75 bits per heavy atom. The van der Waals surface area contributed by atoms with E-state index in [1.54, 1.807) is 0 Å². The summed E-state index contributed by atoms with van der Waals surface area (Å²) in [6.45, 7) is 1.39. The zero-order chi connectivity index (χ0) is 6.57. The Morgan fingerprint density at radius 2 is 2.25 bits per heavy atom. The number of nitrogens with two attached hydrogens (primary N) is 1. The van der Waals surface area contributed by atoms with Crippen LogP contribution >= 0.6 is 0 Å². The van der Waals surface area contributed by atoms with Gasteiger partial charge in [-0.1, -0.05) is 0 Å². The molecule has 3 nitrogen and oxygen atoms in total. The van der Waals surface area contributed by atoms with E-state index in [0.29, 0.717) is 0 Å². The second kappa shape index (κ2) is 3.07. The number of Topliss-reactive ketones (excluding diaryl/α,β-unsaturated/α-hetero) is 1. The number of carbonyl (C=O) groups is 1. The molecule has 46 valence electrons. The average molecular weight is 115 g/mol.